The van der Waals surface area contributed by atoms with Gasteiger partial charge in [-0.3, -0.25) is 0 Å². The molecule has 0 aliphatic carbocycles. The van der Waals surface area contributed by atoms with Gasteiger partial charge in [0.05, 0.1) is 6.61 Å². The van der Waals surface area contributed by atoms with Crippen LogP contribution in [-0.2, 0) is 4.74 Å². The Hall–Kier alpha value is -2.14. The Morgan fingerprint density at radius 2 is 1.89 bits per heavy atom. The van der Waals surface area contributed by atoms with Crippen molar-refractivity contribution in [1.29, 1.82) is 0 Å². The summed E-state index contributed by atoms with van der Waals surface area (Å²) >= 11 is 0. The number of rotatable bonds is 6. The molecule has 1 N–H and O–H groups in total. The molecule has 0 fully saturated rings. The van der Waals surface area contributed by atoms with Crippen molar-refractivity contribution in [2.75, 3.05) is 32.7 Å². The first kappa shape index (κ1) is 13.3. The molecule has 1 aromatic carbocycles. The summed E-state index contributed by atoms with van der Waals surface area (Å²) in [4.78, 5) is 8.63. The van der Waals surface area contributed by atoms with Crippen LogP contribution >= 0.6 is 0 Å². The van der Waals surface area contributed by atoms with E-state index in [1.807, 2.05) is 37.4 Å². The largest absolute Gasteiger partial charge is 0.491 e. The van der Waals surface area contributed by atoms with Gasteiger partial charge in [0, 0.05) is 25.9 Å². The minimum Gasteiger partial charge on any atom is -0.491 e. The van der Waals surface area contributed by atoms with Crippen LogP contribution in [0.15, 0.2) is 36.5 Å². The highest BCUT2D eigenvalue weighted by Crippen LogP contribution is 2.20. The second-order valence-electron chi connectivity index (χ2n) is 3.88. The lowest BCUT2D eigenvalue weighted by molar-refractivity contribution is 0.146. The number of ether oxygens (including phenoxy) is 2. The molecule has 5 heteroatoms. The van der Waals surface area contributed by atoms with Gasteiger partial charge in [0.25, 0.3) is 0 Å². The van der Waals surface area contributed by atoms with Crippen molar-refractivity contribution in [3.8, 4) is 17.1 Å². The monoisotopic (exact) mass is 259 g/mol. The maximum Gasteiger partial charge on any atom is 0.161 e. The fourth-order valence-electron chi connectivity index (χ4n) is 1.58. The van der Waals surface area contributed by atoms with Crippen LogP contribution in [0.2, 0.25) is 0 Å². The summed E-state index contributed by atoms with van der Waals surface area (Å²) in [6.07, 6.45) is 1.73. The van der Waals surface area contributed by atoms with Crippen molar-refractivity contribution in [3.05, 3.63) is 36.5 Å². The number of nitrogens with zero attached hydrogens (tertiary/aromatic N) is 2. The molecule has 0 saturated heterocycles. The zero-order valence-corrected chi connectivity index (χ0v) is 11.1. The quantitative estimate of drug-likeness (QED) is 0.806. The van der Waals surface area contributed by atoms with Crippen LogP contribution in [0.5, 0.6) is 5.75 Å². The van der Waals surface area contributed by atoms with Gasteiger partial charge in [0.15, 0.2) is 5.82 Å². The first-order valence-corrected chi connectivity index (χ1v) is 6.06. The highest BCUT2D eigenvalue weighted by molar-refractivity contribution is 5.57. The molecule has 1 aromatic heterocycles. The molecule has 0 radical (unpaired) electrons. The van der Waals surface area contributed by atoms with Gasteiger partial charge < -0.3 is 14.8 Å². The number of nitrogens with one attached hydrogen (secondary N) is 1. The molecule has 0 unspecified atom stereocenters. The Bertz CT molecular complexity index is 514. The number of benzene rings is 1. The topological polar surface area (TPSA) is 56.3 Å². The number of hydrogen-bond donors (Lipinski definition) is 1. The molecule has 2 aromatic rings. The predicted octanol–water partition coefficient (Wildman–Crippen LogP) is 2.21. The van der Waals surface area contributed by atoms with Gasteiger partial charge in [0.2, 0.25) is 0 Å². The lowest BCUT2D eigenvalue weighted by atomic mass is 10.2. The van der Waals surface area contributed by atoms with Gasteiger partial charge in [-0.1, -0.05) is 0 Å². The standard InChI is InChI=1S/C14H17N3O2/c1-15-13-7-8-16-14(17-13)11-3-5-12(6-4-11)19-10-9-18-2/h3-8H,9-10H2,1-2H3,(H,15,16,17). The molecule has 0 bridgehead atoms. The van der Waals surface area contributed by atoms with E-state index < -0.39 is 0 Å². The minimum absolute atomic E-state index is 0.543. The highest BCUT2D eigenvalue weighted by Gasteiger charge is 2.02. The zero-order valence-electron chi connectivity index (χ0n) is 11.1. The number of hydrogen-bond acceptors (Lipinski definition) is 5. The lowest BCUT2D eigenvalue weighted by Gasteiger charge is -2.06. The summed E-state index contributed by atoms with van der Waals surface area (Å²) in [5.74, 6) is 2.30. The summed E-state index contributed by atoms with van der Waals surface area (Å²) in [6.45, 7) is 1.12. The summed E-state index contributed by atoms with van der Waals surface area (Å²) in [7, 11) is 3.48. The van der Waals surface area contributed by atoms with Crippen LogP contribution in [0.3, 0.4) is 0 Å². The van der Waals surface area contributed by atoms with Crippen LogP contribution < -0.4 is 10.1 Å². The number of anilines is 1. The van der Waals surface area contributed by atoms with E-state index in [-0.39, 0.29) is 0 Å². The average Bonchev–Trinajstić information content (AvgIpc) is 2.48. The van der Waals surface area contributed by atoms with Crippen molar-refractivity contribution in [3.63, 3.8) is 0 Å². The van der Waals surface area contributed by atoms with Gasteiger partial charge >= 0.3 is 0 Å². The van der Waals surface area contributed by atoms with Crippen molar-refractivity contribution >= 4 is 5.82 Å². The smallest absolute Gasteiger partial charge is 0.161 e. The normalized spacial score (nSPS) is 10.2. The second-order valence-corrected chi connectivity index (χ2v) is 3.88. The van der Waals surface area contributed by atoms with Crippen LogP contribution in [0, 0.1) is 0 Å². The van der Waals surface area contributed by atoms with E-state index in [1.165, 1.54) is 0 Å². The SMILES string of the molecule is CNc1ccnc(-c2ccc(OCCOC)cc2)n1. The Labute approximate surface area is 112 Å². The average molecular weight is 259 g/mol. The maximum absolute atomic E-state index is 5.50. The van der Waals surface area contributed by atoms with Crippen LogP contribution in [0.25, 0.3) is 11.4 Å². The van der Waals surface area contributed by atoms with E-state index in [0.717, 1.165) is 17.1 Å². The first-order valence-electron chi connectivity index (χ1n) is 6.06. The molecule has 5 nitrogen and oxygen atoms in total. The molecule has 0 amide bonds. The Kier molecular flexibility index (Phi) is 4.69. The second kappa shape index (κ2) is 6.70. The van der Waals surface area contributed by atoms with E-state index in [4.69, 9.17) is 9.47 Å². The van der Waals surface area contributed by atoms with Gasteiger partial charge in [-0.05, 0) is 30.3 Å². The summed E-state index contributed by atoms with van der Waals surface area (Å²) in [5.41, 5.74) is 0.955. The summed E-state index contributed by atoms with van der Waals surface area (Å²) < 4.78 is 10.4. The van der Waals surface area contributed by atoms with E-state index in [2.05, 4.69) is 15.3 Å². The third-order valence-electron chi connectivity index (χ3n) is 2.58. The van der Waals surface area contributed by atoms with Crippen LogP contribution in [0.4, 0.5) is 5.82 Å². The van der Waals surface area contributed by atoms with Gasteiger partial charge in [-0.25, -0.2) is 9.97 Å². The third-order valence-corrected chi connectivity index (χ3v) is 2.58. The van der Waals surface area contributed by atoms with Crippen molar-refractivity contribution in [2.24, 2.45) is 0 Å². The molecule has 2 rings (SSSR count). The predicted molar refractivity (Wildman–Crippen MR) is 74.4 cm³/mol. The third kappa shape index (κ3) is 3.66. The van der Waals surface area contributed by atoms with E-state index >= 15 is 0 Å². The van der Waals surface area contributed by atoms with Gasteiger partial charge in [0.1, 0.15) is 18.2 Å². The molecule has 0 aliphatic rings. The zero-order chi connectivity index (χ0) is 13.5. The van der Waals surface area contributed by atoms with Crippen LogP contribution in [0.1, 0.15) is 0 Å². The molecule has 1 heterocycles. The molecule has 19 heavy (non-hydrogen) atoms. The fourth-order valence-corrected chi connectivity index (χ4v) is 1.58. The van der Waals surface area contributed by atoms with Crippen molar-refractivity contribution in [2.45, 2.75) is 0 Å². The fraction of sp³-hybridized carbons (Fsp3) is 0.286. The van der Waals surface area contributed by atoms with E-state index in [9.17, 15) is 0 Å². The van der Waals surface area contributed by atoms with Gasteiger partial charge in [-0.15, -0.1) is 0 Å². The highest BCUT2D eigenvalue weighted by atomic mass is 16.5. The van der Waals surface area contributed by atoms with Crippen molar-refractivity contribution < 1.29 is 9.47 Å². The molecule has 0 spiro atoms. The van der Waals surface area contributed by atoms with Gasteiger partial charge in [-0.2, -0.15) is 0 Å². The van der Waals surface area contributed by atoms with E-state index in [0.29, 0.717) is 19.0 Å². The number of aromatic nitrogens is 2. The lowest BCUT2D eigenvalue weighted by Crippen LogP contribution is -2.04. The molecular weight excluding hydrogens is 242 g/mol. The number of methoxy groups -OCH3 is 1. The minimum atomic E-state index is 0.543. The Morgan fingerprint density at radius 1 is 1.11 bits per heavy atom. The maximum atomic E-state index is 5.50. The Morgan fingerprint density at radius 3 is 2.58 bits per heavy atom. The van der Waals surface area contributed by atoms with Crippen LogP contribution in [-0.4, -0.2) is 37.3 Å². The molecule has 100 valence electrons. The summed E-state index contributed by atoms with van der Waals surface area (Å²) in [6, 6.07) is 9.51. The van der Waals surface area contributed by atoms with E-state index in [1.54, 1.807) is 13.3 Å². The first-order chi connectivity index (χ1) is 9.33. The Balaban J connectivity index is 2.08. The molecular formula is C14H17N3O2. The molecule has 0 saturated carbocycles. The molecule has 0 atom stereocenters. The summed E-state index contributed by atoms with van der Waals surface area (Å²) in [5, 5.41) is 2.99. The molecule has 0 aliphatic heterocycles. The van der Waals surface area contributed by atoms with Crippen molar-refractivity contribution in [1.82, 2.24) is 9.97 Å².